The average molecular weight is 347 g/mol. The summed E-state index contributed by atoms with van der Waals surface area (Å²) >= 11 is 1.08. The first-order chi connectivity index (χ1) is 11.4. The van der Waals surface area contributed by atoms with Crippen LogP contribution in [-0.4, -0.2) is 29.9 Å². The molecule has 0 radical (unpaired) electrons. The lowest BCUT2D eigenvalue weighted by Gasteiger charge is -2.05. The third kappa shape index (κ3) is 4.63. The van der Waals surface area contributed by atoms with Gasteiger partial charge in [0.2, 0.25) is 11.8 Å². The second kappa shape index (κ2) is 7.69. The molecule has 2 rings (SSSR count). The number of amides is 2. The lowest BCUT2D eigenvalue weighted by atomic mass is 10.1. The SMILES string of the molecule is COC(=O)c1sc(NC(=O)Cc2ccc(NC(C)=O)cc2)nc1C. The van der Waals surface area contributed by atoms with Crippen LogP contribution in [0.4, 0.5) is 10.8 Å². The third-order valence-corrected chi connectivity index (χ3v) is 4.11. The number of thiazole rings is 1. The van der Waals surface area contributed by atoms with E-state index in [0.717, 1.165) is 16.9 Å². The van der Waals surface area contributed by atoms with E-state index in [9.17, 15) is 14.4 Å². The van der Waals surface area contributed by atoms with Crippen LogP contribution in [0.1, 0.15) is 27.9 Å². The average Bonchev–Trinajstić information content (AvgIpc) is 2.88. The molecule has 8 heteroatoms. The zero-order valence-electron chi connectivity index (χ0n) is 13.5. The molecule has 2 N–H and O–H groups in total. The Morgan fingerprint density at radius 3 is 2.42 bits per heavy atom. The molecule has 126 valence electrons. The topological polar surface area (TPSA) is 97.4 Å². The van der Waals surface area contributed by atoms with Gasteiger partial charge in [0.1, 0.15) is 4.88 Å². The number of esters is 1. The minimum atomic E-state index is -0.473. The fourth-order valence-electron chi connectivity index (χ4n) is 1.99. The number of aryl methyl sites for hydroxylation is 1. The van der Waals surface area contributed by atoms with E-state index >= 15 is 0 Å². The molecule has 24 heavy (non-hydrogen) atoms. The molecule has 0 atom stereocenters. The van der Waals surface area contributed by atoms with Crippen LogP contribution in [0.5, 0.6) is 0 Å². The van der Waals surface area contributed by atoms with Gasteiger partial charge in [-0.15, -0.1) is 0 Å². The Balaban J connectivity index is 1.98. The number of nitrogens with zero attached hydrogens (tertiary/aromatic N) is 1. The van der Waals surface area contributed by atoms with Crippen LogP contribution >= 0.6 is 11.3 Å². The zero-order valence-corrected chi connectivity index (χ0v) is 14.3. The van der Waals surface area contributed by atoms with E-state index in [1.807, 2.05) is 0 Å². The summed E-state index contributed by atoms with van der Waals surface area (Å²) < 4.78 is 4.66. The molecule has 0 unspecified atom stereocenters. The lowest BCUT2D eigenvalue weighted by Crippen LogP contribution is -2.14. The second-order valence-electron chi connectivity index (χ2n) is 5.03. The summed E-state index contributed by atoms with van der Waals surface area (Å²) in [5.74, 6) is -0.868. The molecule has 0 saturated carbocycles. The van der Waals surface area contributed by atoms with Crippen LogP contribution in [0, 0.1) is 6.92 Å². The van der Waals surface area contributed by atoms with Gasteiger partial charge in [-0.3, -0.25) is 9.59 Å². The normalized spacial score (nSPS) is 10.1. The van der Waals surface area contributed by atoms with Gasteiger partial charge >= 0.3 is 5.97 Å². The number of methoxy groups -OCH3 is 1. The van der Waals surface area contributed by atoms with Gasteiger partial charge in [-0.2, -0.15) is 0 Å². The monoisotopic (exact) mass is 347 g/mol. The molecular formula is C16H17N3O4S. The van der Waals surface area contributed by atoms with Gasteiger partial charge in [0.25, 0.3) is 0 Å². The van der Waals surface area contributed by atoms with Crippen molar-refractivity contribution in [1.29, 1.82) is 0 Å². The maximum absolute atomic E-state index is 12.1. The van der Waals surface area contributed by atoms with Crippen molar-refractivity contribution in [2.75, 3.05) is 17.7 Å². The van der Waals surface area contributed by atoms with Gasteiger partial charge in [0.15, 0.2) is 5.13 Å². The van der Waals surface area contributed by atoms with Crippen molar-refractivity contribution in [2.45, 2.75) is 20.3 Å². The molecule has 1 aromatic heterocycles. The van der Waals surface area contributed by atoms with Gasteiger partial charge < -0.3 is 15.4 Å². The summed E-state index contributed by atoms with van der Waals surface area (Å²) in [4.78, 5) is 39.1. The van der Waals surface area contributed by atoms with E-state index in [1.165, 1.54) is 14.0 Å². The number of anilines is 2. The molecule has 7 nitrogen and oxygen atoms in total. The molecule has 0 aliphatic heterocycles. The smallest absolute Gasteiger partial charge is 0.350 e. The Labute approximate surface area is 143 Å². The number of benzene rings is 1. The molecular weight excluding hydrogens is 330 g/mol. The largest absolute Gasteiger partial charge is 0.465 e. The van der Waals surface area contributed by atoms with E-state index in [1.54, 1.807) is 31.2 Å². The van der Waals surface area contributed by atoms with Gasteiger partial charge in [0.05, 0.1) is 19.2 Å². The highest BCUT2D eigenvalue weighted by Gasteiger charge is 2.17. The van der Waals surface area contributed by atoms with Crippen LogP contribution < -0.4 is 10.6 Å². The molecule has 0 fully saturated rings. The number of aromatic nitrogens is 1. The molecule has 0 saturated heterocycles. The van der Waals surface area contributed by atoms with E-state index in [2.05, 4.69) is 20.4 Å². The van der Waals surface area contributed by atoms with Crippen molar-refractivity contribution in [1.82, 2.24) is 4.98 Å². The third-order valence-electron chi connectivity index (χ3n) is 3.05. The number of carbonyl (C=O) groups is 3. The van der Waals surface area contributed by atoms with Crippen LogP contribution in [0.15, 0.2) is 24.3 Å². The quantitative estimate of drug-likeness (QED) is 0.809. The fourth-order valence-corrected chi connectivity index (χ4v) is 2.89. The summed E-state index contributed by atoms with van der Waals surface area (Å²) in [7, 11) is 1.30. The highest BCUT2D eigenvalue weighted by Crippen LogP contribution is 2.23. The Kier molecular flexibility index (Phi) is 5.64. The molecule has 0 bridgehead atoms. The van der Waals surface area contributed by atoms with Gasteiger partial charge in [-0.1, -0.05) is 23.5 Å². The predicted octanol–water partition coefficient (Wildman–Crippen LogP) is 2.38. The molecule has 1 heterocycles. The van der Waals surface area contributed by atoms with Crippen molar-refractivity contribution in [3.63, 3.8) is 0 Å². The van der Waals surface area contributed by atoms with Crippen molar-refractivity contribution in [3.05, 3.63) is 40.4 Å². The second-order valence-corrected chi connectivity index (χ2v) is 6.03. The summed E-state index contributed by atoms with van der Waals surface area (Å²) in [5, 5.41) is 5.68. The van der Waals surface area contributed by atoms with Gasteiger partial charge in [-0.05, 0) is 24.6 Å². The summed E-state index contributed by atoms with van der Waals surface area (Å²) in [6.07, 6.45) is 0.159. The summed E-state index contributed by atoms with van der Waals surface area (Å²) in [6, 6.07) is 6.98. The molecule has 1 aromatic carbocycles. The Hall–Kier alpha value is -2.74. The number of rotatable bonds is 5. The van der Waals surface area contributed by atoms with Crippen molar-refractivity contribution in [3.8, 4) is 0 Å². The minimum Gasteiger partial charge on any atom is -0.465 e. The number of hydrogen-bond donors (Lipinski definition) is 2. The standard InChI is InChI=1S/C16H17N3O4S/c1-9-14(15(22)23-3)24-16(17-9)19-13(21)8-11-4-6-12(7-5-11)18-10(2)20/h4-7H,8H2,1-3H3,(H,18,20)(H,17,19,21). The van der Waals surface area contributed by atoms with Crippen LogP contribution in [-0.2, 0) is 20.7 Å². The highest BCUT2D eigenvalue weighted by atomic mass is 32.1. The first-order valence-electron chi connectivity index (χ1n) is 7.11. The number of hydrogen-bond acceptors (Lipinski definition) is 6. The lowest BCUT2D eigenvalue weighted by molar-refractivity contribution is -0.116. The number of ether oxygens (including phenoxy) is 1. The Morgan fingerprint density at radius 2 is 1.83 bits per heavy atom. The Bertz CT molecular complexity index is 768. The van der Waals surface area contributed by atoms with E-state index < -0.39 is 5.97 Å². The molecule has 2 aromatic rings. The van der Waals surface area contributed by atoms with Gasteiger partial charge in [0, 0.05) is 12.6 Å². The minimum absolute atomic E-state index is 0.152. The van der Waals surface area contributed by atoms with Crippen LogP contribution in [0.2, 0.25) is 0 Å². The fraction of sp³-hybridized carbons (Fsp3) is 0.250. The first kappa shape index (κ1) is 17.6. The van der Waals surface area contributed by atoms with Crippen molar-refractivity contribution in [2.24, 2.45) is 0 Å². The van der Waals surface area contributed by atoms with E-state index in [0.29, 0.717) is 21.4 Å². The summed E-state index contributed by atoms with van der Waals surface area (Å²) in [5.41, 5.74) is 1.98. The van der Waals surface area contributed by atoms with E-state index in [4.69, 9.17) is 0 Å². The van der Waals surface area contributed by atoms with Crippen LogP contribution in [0.25, 0.3) is 0 Å². The summed E-state index contributed by atoms with van der Waals surface area (Å²) in [6.45, 7) is 3.11. The molecule has 0 aliphatic rings. The number of nitrogens with one attached hydrogen (secondary N) is 2. The molecule has 2 amide bonds. The first-order valence-corrected chi connectivity index (χ1v) is 7.93. The maximum Gasteiger partial charge on any atom is 0.350 e. The highest BCUT2D eigenvalue weighted by molar-refractivity contribution is 7.17. The zero-order chi connectivity index (χ0) is 17.7. The maximum atomic E-state index is 12.1. The Morgan fingerprint density at radius 1 is 1.17 bits per heavy atom. The van der Waals surface area contributed by atoms with Gasteiger partial charge in [-0.25, -0.2) is 9.78 Å². The number of carbonyl (C=O) groups excluding carboxylic acids is 3. The molecule has 0 spiro atoms. The molecule has 0 aliphatic carbocycles. The predicted molar refractivity (Wildman–Crippen MR) is 91.3 cm³/mol. The van der Waals surface area contributed by atoms with E-state index in [-0.39, 0.29) is 18.2 Å². The van der Waals surface area contributed by atoms with Crippen molar-refractivity contribution >= 4 is 39.9 Å². The van der Waals surface area contributed by atoms with Crippen LogP contribution in [0.3, 0.4) is 0 Å². The van der Waals surface area contributed by atoms with Crippen molar-refractivity contribution < 1.29 is 19.1 Å².